The van der Waals surface area contributed by atoms with Crippen LogP contribution in [0.2, 0.25) is 10.0 Å². The van der Waals surface area contributed by atoms with Crippen molar-refractivity contribution in [1.82, 2.24) is 0 Å². The monoisotopic (exact) mass is 472 g/mol. The Morgan fingerprint density at radius 3 is 2.41 bits per heavy atom. The van der Waals surface area contributed by atoms with E-state index in [0.29, 0.717) is 10.6 Å². The van der Waals surface area contributed by atoms with E-state index in [1.54, 1.807) is 22.6 Å². The van der Waals surface area contributed by atoms with Gasteiger partial charge in [-0.3, -0.25) is 0 Å². The van der Waals surface area contributed by atoms with Gasteiger partial charge in [0.05, 0.1) is 0 Å². The summed E-state index contributed by atoms with van der Waals surface area (Å²) in [5, 5.41) is 10.7. The van der Waals surface area contributed by atoms with Crippen LogP contribution in [0.1, 0.15) is 11.7 Å². The molecule has 0 unspecified atom stereocenters. The Kier molecular flexibility index (Phi) is 5.17. The van der Waals surface area contributed by atoms with Gasteiger partial charge in [0.25, 0.3) is 0 Å². The zero-order chi connectivity index (χ0) is 13.4. The minimum atomic E-state index is -3.51. The highest BCUT2D eigenvalue weighted by molar-refractivity contribution is 14.1. The largest absolute Gasteiger partial charge is 0.385 e. The summed E-state index contributed by atoms with van der Waals surface area (Å²) in [5.74, 6) is 0. The van der Waals surface area contributed by atoms with Gasteiger partial charge < -0.3 is 5.11 Å². The van der Waals surface area contributed by atoms with E-state index in [2.05, 4.69) is 15.9 Å². The van der Waals surface area contributed by atoms with E-state index in [1.165, 1.54) is 18.2 Å². The summed E-state index contributed by atoms with van der Waals surface area (Å²) in [6, 6.07) is 4.48. The molecule has 0 aliphatic heterocycles. The molecule has 8 heteroatoms. The van der Waals surface area contributed by atoms with E-state index in [4.69, 9.17) is 23.2 Å². The van der Waals surface area contributed by atoms with Crippen molar-refractivity contribution in [1.29, 1.82) is 0 Å². The van der Waals surface area contributed by atoms with Crippen molar-refractivity contribution in [3.8, 4) is 0 Å². The summed E-state index contributed by atoms with van der Waals surface area (Å²) in [6.07, 6.45) is -0.274. The highest BCUT2D eigenvalue weighted by atomic mass is 127. The molecule has 1 aromatic carbocycles. The van der Waals surface area contributed by atoms with Gasteiger partial charge in [-0.2, -0.15) is 0 Å². The quantitative estimate of drug-likeness (QED) is 0.539. The molecule has 0 aliphatic rings. The number of aliphatic hydroxyl groups is 1. The molecule has 0 fully saturated rings. The van der Waals surface area contributed by atoms with E-state index < -0.39 is 17.6 Å². The minimum Gasteiger partial charge on any atom is -0.385 e. The van der Waals surface area contributed by atoms with Crippen molar-refractivity contribution in [2.75, 3.05) is 6.26 Å². The third kappa shape index (κ3) is 3.48. The highest BCUT2D eigenvalue weighted by Crippen LogP contribution is 2.46. The number of halogens is 4. The normalized spacial score (nSPS) is 17.5. The molecule has 0 aromatic heterocycles. The van der Waals surface area contributed by atoms with Crippen LogP contribution in [-0.2, 0) is 9.84 Å². The first-order valence-electron chi connectivity index (χ1n) is 4.28. The number of aliphatic hydroxyl groups excluding tert-OH is 1. The predicted molar refractivity (Wildman–Crippen MR) is 81.9 cm³/mol. The smallest absolute Gasteiger partial charge is 0.206 e. The topological polar surface area (TPSA) is 54.4 Å². The molecule has 3 nitrogen and oxygen atoms in total. The molecule has 0 saturated heterocycles. The Morgan fingerprint density at radius 1 is 1.47 bits per heavy atom. The molecule has 96 valence electrons. The third-order valence-corrected chi connectivity index (χ3v) is 9.03. The molecule has 0 aliphatic carbocycles. The first kappa shape index (κ1) is 16.0. The zero-order valence-electron chi connectivity index (χ0n) is 8.49. The summed E-state index contributed by atoms with van der Waals surface area (Å²) in [7, 11) is -3.51. The minimum absolute atomic E-state index is 0.217. The Morgan fingerprint density at radius 2 is 2.00 bits per heavy atom. The fourth-order valence-corrected chi connectivity index (χ4v) is 2.73. The zero-order valence-corrected chi connectivity index (χ0v) is 14.6. The summed E-state index contributed by atoms with van der Waals surface area (Å²) < 4.78 is 21.6. The van der Waals surface area contributed by atoms with Gasteiger partial charge in [-0.05, 0) is 34.7 Å². The molecule has 1 rings (SSSR count). The van der Waals surface area contributed by atoms with Crippen LogP contribution in [0.15, 0.2) is 18.2 Å². The van der Waals surface area contributed by atoms with Gasteiger partial charge in [0, 0.05) is 21.9 Å². The second kappa shape index (κ2) is 5.50. The summed E-state index contributed by atoms with van der Waals surface area (Å²) in [5.41, 5.74) is 0.299. The van der Waals surface area contributed by atoms with Crippen LogP contribution in [0, 0.1) is 0 Å². The van der Waals surface area contributed by atoms with Gasteiger partial charge in [0.2, 0.25) is 1.66 Å². The maximum Gasteiger partial charge on any atom is 0.206 e. The lowest BCUT2D eigenvalue weighted by Gasteiger charge is -2.25. The number of hydrogen-bond donors (Lipinski definition) is 1. The van der Waals surface area contributed by atoms with E-state index in [-0.39, 0.29) is 5.02 Å². The Hall–Kier alpha value is 0.920. The van der Waals surface area contributed by atoms with Crippen molar-refractivity contribution >= 4 is 71.6 Å². The van der Waals surface area contributed by atoms with E-state index in [0.717, 1.165) is 6.26 Å². The lowest BCUT2D eigenvalue weighted by atomic mass is 10.1. The molecular formula is C9H8BrCl2IO3S. The second-order valence-corrected chi connectivity index (χ2v) is 12.1. The lowest BCUT2D eigenvalue weighted by Crippen LogP contribution is -2.31. The molecule has 1 aromatic rings. The van der Waals surface area contributed by atoms with E-state index >= 15 is 0 Å². The van der Waals surface area contributed by atoms with Crippen LogP contribution < -0.4 is 0 Å². The summed E-state index contributed by atoms with van der Waals surface area (Å²) >= 11 is 16.3. The van der Waals surface area contributed by atoms with Gasteiger partial charge in [-0.1, -0.05) is 45.2 Å². The third-order valence-electron chi connectivity index (χ3n) is 2.07. The number of rotatable bonds is 3. The van der Waals surface area contributed by atoms with Crippen LogP contribution in [0.5, 0.6) is 0 Å². The first-order chi connectivity index (χ1) is 7.57. The van der Waals surface area contributed by atoms with Crippen LogP contribution >= 0.6 is 61.7 Å². The molecular weight excluding hydrogens is 466 g/mol. The average Bonchev–Trinajstić information content (AvgIpc) is 2.14. The van der Waals surface area contributed by atoms with Crippen LogP contribution in [0.25, 0.3) is 0 Å². The molecule has 0 amide bonds. The number of hydrogen-bond acceptors (Lipinski definition) is 3. The maximum absolute atomic E-state index is 11.6. The summed E-state index contributed by atoms with van der Waals surface area (Å²) in [4.78, 5) is 0. The standard InChI is InChI=1S/C9H8BrCl2IO3S/c1-17(15,16)9(10,13)8(14)6-3-2-5(11)4-7(6)12/h2-4,8,14H,1H3/t8-,9+/m0/s1. The first-order valence-corrected chi connectivity index (χ1v) is 8.79. The number of sulfone groups is 1. The molecule has 2 atom stereocenters. The SMILES string of the molecule is CS(=O)(=O)[C@](Br)(I)[C@@H](O)c1ccc(Cl)cc1Cl. The molecule has 0 radical (unpaired) electrons. The Balaban J connectivity index is 3.26. The van der Waals surface area contributed by atoms with Crippen LogP contribution in [0.3, 0.4) is 0 Å². The molecule has 0 saturated carbocycles. The van der Waals surface area contributed by atoms with Gasteiger partial charge >= 0.3 is 0 Å². The number of alkyl halides is 2. The molecule has 1 N–H and O–H groups in total. The van der Waals surface area contributed by atoms with Crippen molar-refractivity contribution in [3.63, 3.8) is 0 Å². The van der Waals surface area contributed by atoms with Crippen molar-refractivity contribution < 1.29 is 13.5 Å². The molecule has 0 bridgehead atoms. The highest BCUT2D eigenvalue weighted by Gasteiger charge is 2.44. The van der Waals surface area contributed by atoms with Crippen molar-refractivity contribution in [2.45, 2.75) is 7.77 Å². The predicted octanol–water partition coefficient (Wildman–Crippen LogP) is 3.56. The maximum atomic E-state index is 11.6. The van der Waals surface area contributed by atoms with Gasteiger partial charge in [-0.15, -0.1) is 0 Å². The lowest BCUT2D eigenvalue weighted by molar-refractivity contribution is 0.191. The van der Waals surface area contributed by atoms with Crippen LogP contribution in [0.4, 0.5) is 0 Å². The van der Waals surface area contributed by atoms with Gasteiger partial charge in [0.15, 0.2) is 9.84 Å². The molecule has 17 heavy (non-hydrogen) atoms. The Bertz CT molecular complexity index is 533. The molecule has 0 spiro atoms. The fourth-order valence-electron chi connectivity index (χ4n) is 1.11. The van der Waals surface area contributed by atoms with Gasteiger partial charge in [-0.25, -0.2) is 8.42 Å². The fraction of sp³-hybridized carbons (Fsp3) is 0.333. The van der Waals surface area contributed by atoms with Crippen LogP contribution in [-0.4, -0.2) is 21.4 Å². The van der Waals surface area contributed by atoms with Crippen molar-refractivity contribution in [3.05, 3.63) is 33.8 Å². The van der Waals surface area contributed by atoms with Gasteiger partial charge in [0.1, 0.15) is 6.10 Å². The van der Waals surface area contributed by atoms with E-state index in [1.807, 2.05) is 0 Å². The van der Waals surface area contributed by atoms with E-state index in [9.17, 15) is 13.5 Å². The Labute approximate surface area is 132 Å². The van der Waals surface area contributed by atoms with Crippen molar-refractivity contribution in [2.24, 2.45) is 0 Å². The second-order valence-electron chi connectivity index (χ2n) is 3.40. The average molecular weight is 474 g/mol. The number of benzene rings is 1. The molecule has 0 heterocycles. The summed E-state index contributed by atoms with van der Waals surface area (Å²) in [6.45, 7) is 0.